The number of pyridine rings is 1. The highest BCUT2D eigenvalue weighted by molar-refractivity contribution is 6.08. The molecule has 5 rings (SSSR count). The fourth-order valence-electron chi connectivity index (χ4n) is 4.97. The van der Waals surface area contributed by atoms with Crippen LogP contribution in [-0.4, -0.2) is 44.3 Å². The average molecular weight is 413 g/mol. The third-order valence-electron chi connectivity index (χ3n) is 6.39. The third kappa shape index (κ3) is 3.00. The molecule has 7 nitrogen and oxygen atoms in total. The predicted molar refractivity (Wildman–Crippen MR) is 116 cm³/mol. The van der Waals surface area contributed by atoms with E-state index in [1.165, 1.54) is 0 Å². The van der Waals surface area contributed by atoms with Gasteiger partial charge in [0.2, 0.25) is 5.91 Å². The molecule has 1 saturated heterocycles. The molecule has 0 radical (unpaired) electrons. The summed E-state index contributed by atoms with van der Waals surface area (Å²) in [4.78, 5) is 41.3. The van der Waals surface area contributed by atoms with E-state index in [1.807, 2.05) is 41.3 Å². The minimum atomic E-state index is -0.696. The number of carbonyl (C=O) groups excluding carboxylic acids is 2. The summed E-state index contributed by atoms with van der Waals surface area (Å²) in [5.74, 6) is 0.382. The molecule has 2 atom stereocenters. The van der Waals surface area contributed by atoms with E-state index in [2.05, 4.69) is 27.2 Å². The highest BCUT2D eigenvalue weighted by Crippen LogP contribution is 2.49. The molecule has 0 aliphatic carbocycles. The van der Waals surface area contributed by atoms with Gasteiger partial charge in [-0.15, -0.1) is 0 Å². The molecule has 0 bridgehead atoms. The maximum atomic E-state index is 13.4. The van der Waals surface area contributed by atoms with E-state index >= 15 is 0 Å². The fourth-order valence-corrected chi connectivity index (χ4v) is 4.97. The SMILES string of the molecule is CCC[C@@H]1N(C(=O)c2cnc(-c3cccnc3)nc2)CC[C@]12C(=O)Nc1ccccc12. The van der Waals surface area contributed by atoms with Crippen molar-refractivity contribution < 1.29 is 9.59 Å². The quantitative estimate of drug-likeness (QED) is 0.708. The molecule has 31 heavy (non-hydrogen) atoms. The molecule has 0 unspecified atom stereocenters. The van der Waals surface area contributed by atoms with Crippen LogP contribution in [0.5, 0.6) is 0 Å². The lowest BCUT2D eigenvalue weighted by Crippen LogP contribution is -2.48. The van der Waals surface area contributed by atoms with Crippen LogP contribution < -0.4 is 5.32 Å². The fraction of sp³-hybridized carbons (Fsp3) is 0.292. The Morgan fingerprint density at radius 3 is 2.71 bits per heavy atom. The summed E-state index contributed by atoms with van der Waals surface area (Å²) < 4.78 is 0. The van der Waals surface area contributed by atoms with Crippen molar-refractivity contribution in [3.8, 4) is 11.4 Å². The number of likely N-dealkylation sites (tertiary alicyclic amines) is 1. The summed E-state index contributed by atoms with van der Waals surface area (Å²) in [6.45, 7) is 2.61. The molecule has 1 spiro atoms. The van der Waals surface area contributed by atoms with Gasteiger partial charge in [0.1, 0.15) is 0 Å². The van der Waals surface area contributed by atoms with Gasteiger partial charge in [-0.2, -0.15) is 0 Å². The molecule has 1 N–H and O–H groups in total. The van der Waals surface area contributed by atoms with Gasteiger partial charge in [0.05, 0.1) is 17.0 Å². The Morgan fingerprint density at radius 1 is 1.16 bits per heavy atom. The zero-order chi connectivity index (χ0) is 21.4. The summed E-state index contributed by atoms with van der Waals surface area (Å²) in [6, 6.07) is 11.3. The van der Waals surface area contributed by atoms with Crippen LogP contribution >= 0.6 is 0 Å². The largest absolute Gasteiger partial charge is 0.334 e. The van der Waals surface area contributed by atoms with Crippen molar-refractivity contribution in [2.24, 2.45) is 0 Å². The van der Waals surface area contributed by atoms with Crippen LogP contribution in [0.3, 0.4) is 0 Å². The Hall–Kier alpha value is -3.61. The maximum Gasteiger partial charge on any atom is 0.257 e. The Balaban J connectivity index is 1.47. The molecule has 7 heteroatoms. The van der Waals surface area contributed by atoms with Gasteiger partial charge in [-0.1, -0.05) is 31.5 Å². The number of aromatic nitrogens is 3. The molecular formula is C24H23N5O2. The van der Waals surface area contributed by atoms with Crippen LogP contribution in [0.15, 0.2) is 61.2 Å². The Morgan fingerprint density at radius 2 is 1.97 bits per heavy atom. The minimum Gasteiger partial charge on any atom is -0.334 e. The lowest BCUT2D eigenvalue weighted by Gasteiger charge is -2.34. The van der Waals surface area contributed by atoms with Crippen molar-refractivity contribution >= 4 is 17.5 Å². The highest BCUT2D eigenvalue weighted by Gasteiger charge is 2.58. The van der Waals surface area contributed by atoms with Crippen molar-refractivity contribution in [3.63, 3.8) is 0 Å². The van der Waals surface area contributed by atoms with Crippen LogP contribution in [0.25, 0.3) is 11.4 Å². The van der Waals surface area contributed by atoms with Gasteiger partial charge in [-0.05, 0) is 36.6 Å². The summed E-state index contributed by atoms with van der Waals surface area (Å²) >= 11 is 0. The number of anilines is 1. The van der Waals surface area contributed by atoms with Crippen molar-refractivity contribution in [2.45, 2.75) is 37.6 Å². The van der Waals surface area contributed by atoms with Gasteiger partial charge in [-0.25, -0.2) is 9.97 Å². The molecule has 3 aromatic rings. The lowest BCUT2D eigenvalue weighted by molar-refractivity contribution is -0.121. The Labute approximate surface area is 180 Å². The molecule has 2 aliphatic heterocycles. The number of nitrogens with one attached hydrogen (secondary N) is 1. The first-order valence-electron chi connectivity index (χ1n) is 10.6. The number of rotatable bonds is 4. The monoisotopic (exact) mass is 413 g/mol. The van der Waals surface area contributed by atoms with Crippen LogP contribution in [0.2, 0.25) is 0 Å². The van der Waals surface area contributed by atoms with Gasteiger partial charge in [0, 0.05) is 42.6 Å². The van der Waals surface area contributed by atoms with E-state index in [0.29, 0.717) is 24.4 Å². The third-order valence-corrected chi connectivity index (χ3v) is 6.39. The molecule has 4 heterocycles. The van der Waals surface area contributed by atoms with Crippen molar-refractivity contribution in [3.05, 3.63) is 72.3 Å². The molecule has 156 valence electrons. The second kappa shape index (κ2) is 7.58. The first-order valence-corrected chi connectivity index (χ1v) is 10.6. The predicted octanol–water partition coefficient (Wildman–Crippen LogP) is 3.44. The number of fused-ring (bicyclic) bond motifs is 2. The topological polar surface area (TPSA) is 88.1 Å². The van der Waals surface area contributed by atoms with Crippen molar-refractivity contribution in [2.75, 3.05) is 11.9 Å². The zero-order valence-corrected chi connectivity index (χ0v) is 17.3. The molecular weight excluding hydrogens is 390 g/mol. The normalized spacial score (nSPS) is 21.9. The van der Waals surface area contributed by atoms with E-state index in [4.69, 9.17) is 0 Å². The number of para-hydroxylation sites is 1. The van der Waals surface area contributed by atoms with E-state index in [0.717, 1.165) is 29.7 Å². The number of carbonyl (C=O) groups is 2. The van der Waals surface area contributed by atoms with E-state index in [1.54, 1.807) is 24.8 Å². The van der Waals surface area contributed by atoms with Crippen LogP contribution in [-0.2, 0) is 10.2 Å². The average Bonchev–Trinajstić information content (AvgIpc) is 3.33. The van der Waals surface area contributed by atoms with E-state index in [9.17, 15) is 9.59 Å². The number of benzene rings is 1. The Kier molecular flexibility index (Phi) is 4.73. The van der Waals surface area contributed by atoms with Gasteiger partial charge in [0.25, 0.3) is 5.91 Å². The Bertz CT molecular complexity index is 1130. The van der Waals surface area contributed by atoms with Gasteiger partial charge < -0.3 is 10.2 Å². The summed E-state index contributed by atoms with van der Waals surface area (Å²) in [7, 11) is 0. The van der Waals surface area contributed by atoms with Gasteiger partial charge >= 0.3 is 0 Å². The van der Waals surface area contributed by atoms with Crippen molar-refractivity contribution in [1.29, 1.82) is 0 Å². The number of amides is 2. The van der Waals surface area contributed by atoms with Crippen LogP contribution in [0.4, 0.5) is 5.69 Å². The van der Waals surface area contributed by atoms with Crippen LogP contribution in [0, 0.1) is 0 Å². The second-order valence-corrected chi connectivity index (χ2v) is 8.06. The van der Waals surface area contributed by atoms with E-state index in [-0.39, 0.29) is 17.9 Å². The summed E-state index contributed by atoms with van der Waals surface area (Å²) in [6.07, 6.45) is 8.75. The molecule has 0 saturated carbocycles. The molecule has 2 amide bonds. The molecule has 1 aromatic carbocycles. The van der Waals surface area contributed by atoms with Gasteiger partial charge in [-0.3, -0.25) is 14.6 Å². The number of hydrogen-bond donors (Lipinski definition) is 1. The molecule has 1 fully saturated rings. The summed E-state index contributed by atoms with van der Waals surface area (Å²) in [5, 5.41) is 3.04. The van der Waals surface area contributed by atoms with Crippen LogP contribution in [0.1, 0.15) is 42.1 Å². The van der Waals surface area contributed by atoms with Gasteiger partial charge in [0.15, 0.2) is 5.82 Å². The highest BCUT2D eigenvalue weighted by atomic mass is 16.2. The lowest BCUT2D eigenvalue weighted by atomic mass is 9.73. The number of nitrogens with zero attached hydrogens (tertiary/aromatic N) is 4. The minimum absolute atomic E-state index is 0.00868. The molecule has 2 aliphatic rings. The molecule has 2 aromatic heterocycles. The zero-order valence-electron chi connectivity index (χ0n) is 17.3. The second-order valence-electron chi connectivity index (χ2n) is 8.06. The summed E-state index contributed by atoms with van der Waals surface area (Å²) in [5.41, 5.74) is 2.38. The first-order chi connectivity index (χ1) is 15.1. The maximum absolute atomic E-state index is 13.4. The standard InChI is InChI=1S/C24H23N5O2/c1-2-6-20-24(18-8-3-4-9-19(18)28-23(24)31)10-12-29(20)22(30)17-14-26-21(27-15-17)16-7-5-11-25-13-16/h3-5,7-9,11,13-15,20H,2,6,10,12H2,1H3,(H,28,31)/t20-,24+/m0/s1. The van der Waals surface area contributed by atoms with E-state index < -0.39 is 5.41 Å². The first kappa shape index (κ1) is 19.4. The van der Waals surface area contributed by atoms with Crippen molar-refractivity contribution in [1.82, 2.24) is 19.9 Å². The number of hydrogen-bond acceptors (Lipinski definition) is 5. The smallest absolute Gasteiger partial charge is 0.257 e.